The number of hydrogen-bond acceptors (Lipinski definition) is 4. The van der Waals surface area contributed by atoms with Crippen LogP contribution in [0.1, 0.15) is 12.5 Å². The van der Waals surface area contributed by atoms with Crippen LogP contribution in [0.5, 0.6) is 0 Å². The summed E-state index contributed by atoms with van der Waals surface area (Å²) in [6.45, 7) is 1.79. The molecule has 0 fully saturated rings. The van der Waals surface area contributed by atoms with Crippen LogP contribution < -0.4 is 5.32 Å². The smallest absolute Gasteiger partial charge is 0.249 e. The first-order valence-corrected chi connectivity index (χ1v) is 8.97. The van der Waals surface area contributed by atoms with Crippen LogP contribution in [0.25, 0.3) is 10.8 Å². The van der Waals surface area contributed by atoms with E-state index in [1.807, 2.05) is 72.8 Å². The fourth-order valence-corrected chi connectivity index (χ4v) is 2.90. The van der Waals surface area contributed by atoms with E-state index >= 15 is 0 Å². The van der Waals surface area contributed by atoms with Gasteiger partial charge in [-0.1, -0.05) is 66.7 Å². The molecule has 1 N–H and O–H groups in total. The summed E-state index contributed by atoms with van der Waals surface area (Å²) in [5.41, 5.74) is 1.48. The van der Waals surface area contributed by atoms with Gasteiger partial charge in [0.15, 0.2) is 11.7 Å². The van der Waals surface area contributed by atoms with Gasteiger partial charge >= 0.3 is 0 Å². The van der Waals surface area contributed by atoms with Crippen molar-refractivity contribution in [3.05, 3.63) is 78.4 Å². The molecule has 0 aliphatic carbocycles. The van der Waals surface area contributed by atoms with Gasteiger partial charge in [-0.2, -0.15) is 5.26 Å². The Kier molecular flexibility index (Phi) is 6.15. The van der Waals surface area contributed by atoms with E-state index in [1.54, 1.807) is 13.0 Å². The van der Waals surface area contributed by atoms with E-state index in [0.29, 0.717) is 5.69 Å². The molecule has 0 aliphatic rings. The summed E-state index contributed by atoms with van der Waals surface area (Å²) in [5.74, 6) is -2.65. The molecule has 0 aliphatic heterocycles. The molecule has 0 saturated carbocycles. The molecule has 0 spiro atoms. The lowest BCUT2D eigenvalue weighted by molar-refractivity contribution is -0.137. The van der Waals surface area contributed by atoms with Crippen LogP contribution in [0.4, 0.5) is 5.69 Å². The van der Waals surface area contributed by atoms with Crippen molar-refractivity contribution < 1.29 is 14.3 Å². The number of nitrogens with one attached hydrogen (secondary N) is 1. The van der Waals surface area contributed by atoms with Gasteiger partial charge < -0.3 is 10.1 Å². The highest BCUT2D eigenvalue weighted by Crippen LogP contribution is 2.23. The maximum absolute atomic E-state index is 12.6. The maximum Gasteiger partial charge on any atom is 0.249 e. The van der Waals surface area contributed by atoms with Gasteiger partial charge in [0, 0.05) is 11.1 Å². The van der Waals surface area contributed by atoms with Crippen molar-refractivity contribution in [2.24, 2.45) is 5.92 Å². The molecule has 140 valence electrons. The Balaban J connectivity index is 1.68. The lowest BCUT2D eigenvalue weighted by Crippen LogP contribution is -2.35. The predicted octanol–water partition coefficient (Wildman–Crippen LogP) is 4.09. The Bertz CT molecular complexity index is 1020. The predicted molar refractivity (Wildman–Crippen MR) is 107 cm³/mol. The molecular weight excluding hydrogens is 352 g/mol. The summed E-state index contributed by atoms with van der Waals surface area (Å²) >= 11 is 0. The highest BCUT2D eigenvalue weighted by Gasteiger charge is 2.31. The number of carbonyl (C=O) groups excluding carboxylic acids is 2. The summed E-state index contributed by atoms with van der Waals surface area (Å²) < 4.78 is 5.56. The fraction of sp³-hybridized carbons (Fsp3) is 0.174. The number of amides is 1. The molecule has 3 aromatic carbocycles. The Morgan fingerprint density at radius 3 is 2.43 bits per heavy atom. The van der Waals surface area contributed by atoms with Gasteiger partial charge in [-0.15, -0.1) is 0 Å². The van der Waals surface area contributed by atoms with Crippen molar-refractivity contribution in [1.29, 1.82) is 5.26 Å². The summed E-state index contributed by atoms with van der Waals surface area (Å²) in [6.07, 6.45) is -0.872. The van der Waals surface area contributed by atoms with Crippen LogP contribution in [0, 0.1) is 17.2 Å². The number of Topliss-reactive ketones (excluding diaryl/α,β-unsaturated/α-hetero) is 1. The van der Waals surface area contributed by atoms with Crippen LogP contribution in [0.2, 0.25) is 0 Å². The van der Waals surface area contributed by atoms with Crippen molar-refractivity contribution in [3.63, 3.8) is 0 Å². The minimum Gasteiger partial charge on any atom is -0.366 e. The molecule has 3 aromatic rings. The zero-order chi connectivity index (χ0) is 19.9. The molecule has 5 heteroatoms. The molecule has 0 bridgehead atoms. The molecule has 0 saturated heterocycles. The molecule has 1 amide bonds. The molecule has 2 unspecified atom stereocenters. The highest BCUT2D eigenvalue weighted by molar-refractivity contribution is 6.13. The van der Waals surface area contributed by atoms with E-state index in [1.165, 1.54) is 0 Å². The third-order valence-corrected chi connectivity index (χ3v) is 4.47. The Morgan fingerprint density at radius 2 is 1.68 bits per heavy atom. The quantitative estimate of drug-likeness (QED) is 0.634. The van der Waals surface area contributed by atoms with Crippen LogP contribution in [-0.4, -0.2) is 17.8 Å². The number of rotatable bonds is 7. The summed E-state index contributed by atoms with van der Waals surface area (Å²) in [5, 5.41) is 13.9. The summed E-state index contributed by atoms with van der Waals surface area (Å²) in [6, 6.07) is 24.3. The highest BCUT2D eigenvalue weighted by atomic mass is 16.5. The number of ketones is 1. The number of carbonyl (C=O) groups is 2. The zero-order valence-electron chi connectivity index (χ0n) is 15.5. The van der Waals surface area contributed by atoms with Crippen LogP contribution in [-0.2, 0) is 20.9 Å². The van der Waals surface area contributed by atoms with Gasteiger partial charge in [-0.3, -0.25) is 9.59 Å². The average molecular weight is 372 g/mol. The Hall–Kier alpha value is -3.49. The fourth-order valence-electron chi connectivity index (χ4n) is 2.90. The Labute approximate surface area is 163 Å². The minimum absolute atomic E-state index is 0.233. The number of benzene rings is 3. The summed E-state index contributed by atoms with van der Waals surface area (Å²) in [7, 11) is 0. The zero-order valence-corrected chi connectivity index (χ0v) is 15.5. The number of nitriles is 1. The van der Waals surface area contributed by atoms with Crippen LogP contribution in [0.15, 0.2) is 72.8 Å². The second-order valence-corrected chi connectivity index (χ2v) is 6.42. The number of nitrogens with zero attached hydrogens (tertiary/aromatic N) is 1. The second-order valence-electron chi connectivity index (χ2n) is 6.42. The maximum atomic E-state index is 12.6. The normalized spacial score (nSPS) is 12.7. The molecular formula is C23H20N2O3. The van der Waals surface area contributed by atoms with Crippen molar-refractivity contribution in [2.45, 2.75) is 19.6 Å². The van der Waals surface area contributed by atoms with Gasteiger partial charge in [0.25, 0.3) is 0 Å². The number of hydrogen-bond donors (Lipinski definition) is 1. The average Bonchev–Trinajstić information content (AvgIpc) is 2.73. The third-order valence-electron chi connectivity index (χ3n) is 4.47. The largest absolute Gasteiger partial charge is 0.366 e. The van der Waals surface area contributed by atoms with Gasteiger partial charge in [0.1, 0.15) is 6.10 Å². The number of anilines is 1. The van der Waals surface area contributed by atoms with Gasteiger partial charge in [-0.25, -0.2) is 0 Å². The molecule has 0 heterocycles. The van der Waals surface area contributed by atoms with E-state index < -0.39 is 23.7 Å². The minimum atomic E-state index is -1.44. The molecule has 2 atom stereocenters. The number of ether oxygens (including phenoxy) is 1. The lowest BCUT2D eigenvalue weighted by atomic mass is 10.0. The molecule has 0 aromatic heterocycles. The van der Waals surface area contributed by atoms with Crippen LogP contribution >= 0.6 is 0 Å². The van der Waals surface area contributed by atoms with Crippen molar-refractivity contribution in [3.8, 4) is 6.07 Å². The first kappa shape index (κ1) is 19.3. The number of fused-ring (bicyclic) bond motifs is 1. The topological polar surface area (TPSA) is 79.2 Å². The van der Waals surface area contributed by atoms with E-state index in [9.17, 15) is 14.9 Å². The first-order chi connectivity index (χ1) is 13.6. The molecule has 3 rings (SSSR count). The monoisotopic (exact) mass is 372 g/mol. The lowest BCUT2D eigenvalue weighted by Gasteiger charge is -2.16. The van der Waals surface area contributed by atoms with E-state index in [-0.39, 0.29) is 6.61 Å². The standard InChI is InChI=1S/C23H20N2O3/c1-16(28-15-17-8-3-2-4-9-17)22(26)20(14-24)23(27)25-21-13-7-11-18-10-5-6-12-19(18)21/h2-13,16,20H,15H2,1H3,(H,25,27). The van der Waals surface area contributed by atoms with Crippen molar-refractivity contribution in [2.75, 3.05) is 5.32 Å². The van der Waals surface area contributed by atoms with Gasteiger partial charge in [0.05, 0.1) is 12.7 Å². The third kappa shape index (κ3) is 4.43. The summed E-state index contributed by atoms with van der Waals surface area (Å²) in [4.78, 5) is 25.2. The van der Waals surface area contributed by atoms with Crippen LogP contribution in [0.3, 0.4) is 0 Å². The Morgan fingerprint density at radius 1 is 1.00 bits per heavy atom. The van der Waals surface area contributed by atoms with Gasteiger partial charge in [0.2, 0.25) is 5.91 Å². The first-order valence-electron chi connectivity index (χ1n) is 8.97. The van der Waals surface area contributed by atoms with Crippen molar-refractivity contribution in [1.82, 2.24) is 0 Å². The molecule has 5 nitrogen and oxygen atoms in total. The molecule has 28 heavy (non-hydrogen) atoms. The van der Waals surface area contributed by atoms with E-state index in [4.69, 9.17) is 4.74 Å². The van der Waals surface area contributed by atoms with Gasteiger partial charge in [-0.05, 0) is 23.9 Å². The molecule has 0 radical (unpaired) electrons. The second kappa shape index (κ2) is 8.94. The van der Waals surface area contributed by atoms with E-state index in [0.717, 1.165) is 16.3 Å². The van der Waals surface area contributed by atoms with E-state index in [2.05, 4.69) is 5.32 Å². The SMILES string of the molecule is CC(OCc1ccccc1)C(=O)C(C#N)C(=O)Nc1cccc2ccccc12. The van der Waals surface area contributed by atoms with Crippen molar-refractivity contribution >= 4 is 28.2 Å².